The quantitative estimate of drug-likeness (QED) is 0.162. The number of benzene rings is 8. The van der Waals surface area contributed by atoms with Gasteiger partial charge in [0.15, 0.2) is 0 Å². The van der Waals surface area contributed by atoms with Crippen LogP contribution in [-0.2, 0) is 0 Å². The monoisotopic (exact) mass is 805 g/mol. The Balaban J connectivity index is 1.22. The Labute approximate surface area is 336 Å². The van der Waals surface area contributed by atoms with E-state index in [0.717, 1.165) is 34.0 Å². The van der Waals surface area contributed by atoms with Crippen molar-refractivity contribution in [3.05, 3.63) is 200 Å². The Kier molecular flexibility index (Phi) is 7.28. The summed E-state index contributed by atoms with van der Waals surface area (Å²) in [7, 11) is 0. The molecule has 3 aromatic heterocycles. The third-order valence-electron chi connectivity index (χ3n) is 11.9. The van der Waals surface area contributed by atoms with Crippen LogP contribution in [0.2, 0.25) is 0 Å². The van der Waals surface area contributed by atoms with Crippen LogP contribution in [-0.4, -0.2) is 27.8 Å². The van der Waals surface area contributed by atoms with Gasteiger partial charge < -0.3 is 0 Å². The number of thiophene rings is 1. The average molecular weight is 805 g/mol. The molecule has 12 rings (SSSR count). The molecule has 0 unspecified atom stereocenters. The Bertz CT molecular complexity index is 3310. The number of rotatable bonds is 5. The summed E-state index contributed by atoms with van der Waals surface area (Å²) < 4.78 is 10.5. The van der Waals surface area contributed by atoms with Gasteiger partial charge in [0.05, 0.1) is 0 Å². The molecule has 5 heteroatoms. The van der Waals surface area contributed by atoms with Crippen LogP contribution in [0.5, 0.6) is 0 Å². The number of para-hydroxylation sites is 2. The molecule has 0 bridgehead atoms. The molecule has 8 aromatic carbocycles. The van der Waals surface area contributed by atoms with Crippen LogP contribution in [0.3, 0.4) is 0 Å². The number of hydrogen-bond acceptors (Lipinski definition) is 3. The molecule has 11 aromatic rings. The van der Waals surface area contributed by atoms with Crippen molar-refractivity contribution in [1.82, 2.24) is 14.5 Å². The third kappa shape index (κ3) is 4.66. The van der Waals surface area contributed by atoms with E-state index in [1.165, 1.54) is 65.1 Å². The maximum atomic E-state index is 5.77. The average Bonchev–Trinajstić information content (AvgIpc) is 3.93. The molecule has 266 valence electrons. The second-order valence-corrected chi connectivity index (χ2v) is 23.6. The van der Waals surface area contributed by atoms with Crippen molar-refractivity contribution in [2.75, 3.05) is 0 Å². The zero-order valence-electron chi connectivity index (χ0n) is 30.8. The van der Waals surface area contributed by atoms with E-state index in [1.807, 2.05) is 11.3 Å². The van der Waals surface area contributed by atoms with Crippen LogP contribution in [0, 0.1) is 0 Å². The SMILES string of the molecule is c1ccc(-c2nc(-c3ccccc3-n3c4ccccc4c4ccc5sc6ccccc6c5c43)nc3[c]2[Ge]([c]2ccccc2)([c]2ccccc2)[c]2ccccc2-3)cc1. The second kappa shape index (κ2) is 12.7. The molecule has 0 spiro atoms. The topological polar surface area (TPSA) is 30.7 Å². The Morgan fingerprint density at radius 3 is 1.81 bits per heavy atom. The summed E-state index contributed by atoms with van der Waals surface area (Å²) in [4.78, 5) is 11.5. The van der Waals surface area contributed by atoms with E-state index in [1.54, 1.807) is 0 Å². The van der Waals surface area contributed by atoms with Crippen LogP contribution in [0.25, 0.3) is 81.6 Å². The minimum atomic E-state index is -3.68. The van der Waals surface area contributed by atoms with Gasteiger partial charge in [-0.05, 0) is 0 Å². The maximum absolute atomic E-state index is 5.77. The predicted octanol–water partition coefficient (Wildman–Crippen LogP) is 10.6. The van der Waals surface area contributed by atoms with Crippen molar-refractivity contribution in [1.29, 1.82) is 0 Å². The van der Waals surface area contributed by atoms with Crippen LogP contribution in [0.15, 0.2) is 200 Å². The standard InChI is InChI=1S/C52H33GeN3S/c1-4-18-34(19-5-1)49-48-50(39-25-10-14-28-42(39)53(48,35-20-6-2-7-21-35)36-22-8-3-9-23-36)55-52(54-49)40-26-12-16-30-44(40)56-43-29-15-11-24-37(43)38-32-33-46-47(51(38)56)41-27-13-17-31-45(41)57-46/h1-33H. The molecule has 3 nitrogen and oxygen atoms in total. The fraction of sp³-hybridized carbons (Fsp3) is 0. The summed E-state index contributed by atoms with van der Waals surface area (Å²) in [5.41, 5.74) is 8.83. The third-order valence-corrected chi connectivity index (χ3v) is 23.2. The summed E-state index contributed by atoms with van der Waals surface area (Å²) in [5, 5.41) is 5.05. The summed E-state index contributed by atoms with van der Waals surface area (Å²) in [6.07, 6.45) is 0. The molecular weight excluding hydrogens is 771 g/mol. The molecule has 0 saturated heterocycles. The van der Waals surface area contributed by atoms with Gasteiger partial charge in [-0.1, -0.05) is 6.07 Å². The molecule has 0 fully saturated rings. The van der Waals surface area contributed by atoms with Gasteiger partial charge in [0, 0.05) is 0 Å². The van der Waals surface area contributed by atoms with E-state index in [0.29, 0.717) is 0 Å². The molecule has 0 radical (unpaired) electrons. The van der Waals surface area contributed by atoms with Gasteiger partial charge in [-0.25, -0.2) is 0 Å². The first-order valence-corrected chi connectivity index (χ1v) is 24.4. The molecule has 0 saturated carbocycles. The van der Waals surface area contributed by atoms with E-state index < -0.39 is 13.3 Å². The van der Waals surface area contributed by atoms with Gasteiger partial charge in [-0.3, -0.25) is 0 Å². The van der Waals surface area contributed by atoms with E-state index >= 15 is 0 Å². The molecule has 0 N–H and O–H groups in total. The molecule has 57 heavy (non-hydrogen) atoms. The van der Waals surface area contributed by atoms with E-state index in [-0.39, 0.29) is 0 Å². The summed E-state index contributed by atoms with van der Waals surface area (Å²) in [5.74, 6) is 0.727. The van der Waals surface area contributed by atoms with Gasteiger partial charge in [0.25, 0.3) is 0 Å². The molecule has 1 aliphatic rings. The molecule has 0 aliphatic carbocycles. The van der Waals surface area contributed by atoms with E-state index in [9.17, 15) is 0 Å². The first kappa shape index (κ1) is 32.6. The van der Waals surface area contributed by atoms with Crippen LogP contribution < -0.4 is 17.6 Å². The first-order chi connectivity index (χ1) is 28.3. The molecule has 4 heterocycles. The summed E-state index contributed by atoms with van der Waals surface area (Å²) in [6, 6.07) is 73.2. The van der Waals surface area contributed by atoms with E-state index in [4.69, 9.17) is 9.97 Å². The minimum absolute atomic E-state index is 0.727. The Morgan fingerprint density at radius 1 is 0.439 bits per heavy atom. The van der Waals surface area contributed by atoms with E-state index in [2.05, 4.69) is 205 Å². The molecule has 0 amide bonds. The van der Waals surface area contributed by atoms with Crippen molar-refractivity contribution in [2.24, 2.45) is 0 Å². The Morgan fingerprint density at radius 2 is 1.04 bits per heavy atom. The van der Waals surface area contributed by atoms with Crippen molar-refractivity contribution in [3.8, 4) is 39.6 Å². The fourth-order valence-corrected chi connectivity index (χ4v) is 21.7. The fourth-order valence-electron chi connectivity index (χ4n) is 9.60. The number of hydrogen-bond donors (Lipinski definition) is 0. The van der Waals surface area contributed by atoms with Gasteiger partial charge in [0.2, 0.25) is 0 Å². The zero-order chi connectivity index (χ0) is 37.5. The number of fused-ring (bicyclic) bond motifs is 10. The van der Waals surface area contributed by atoms with Crippen LogP contribution in [0.4, 0.5) is 0 Å². The van der Waals surface area contributed by atoms with Gasteiger partial charge >= 0.3 is 332 Å². The van der Waals surface area contributed by atoms with Crippen LogP contribution >= 0.6 is 11.3 Å². The van der Waals surface area contributed by atoms with Crippen molar-refractivity contribution in [3.63, 3.8) is 0 Å². The summed E-state index contributed by atoms with van der Waals surface area (Å²) >= 11 is -1.82. The zero-order valence-corrected chi connectivity index (χ0v) is 33.7. The normalized spacial score (nSPS) is 13.1. The van der Waals surface area contributed by atoms with Crippen molar-refractivity contribution < 1.29 is 0 Å². The van der Waals surface area contributed by atoms with Crippen molar-refractivity contribution in [2.45, 2.75) is 0 Å². The Hall–Kier alpha value is -6.60. The van der Waals surface area contributed by atoms with Gasteiger partial charge in [-0.15, -0.1) is 0 Å². The molecule has 0 atom stereocenters. The number of nitrogens with zero attached hydrogens (tertiary/aromatic N) is 3. The second-order valence-electron chi connectivity index (χ2n) is 14.8. The van der Waals surface area contributed by atoms with Crippen molar-refractivity contribution >= 4 is 84.2 Å². The predicted molar refractivity (Wildman–Crippen MR) is 243 cm³/mol. The number of aromatic nitrogens is 3. The van der Waals surface area contributed by atoms with Gasteiger partial charge in [-0.2, -0.15) is 0 Å². The van der Waals surface area contributed by atoms with Gasteiger partial charge in [0.1, 0.15) is 0 Å². The molecular formula is C52H33GeN3S. The molecule has 1 aliphatic heterocycles. The first-order valence-electron chi connectivity index (χ1n) is 19.4. The van der Waals surface area contributed by atoms with Crippen LogP contribution in [0.1, 0.15) is 0 Å². The summed E-state index contributed by atoms with van der Waals surface area (Å²) in [6.45, 7) is 0.